The zero-order valence-corrected chi connectivity index (χ0v) is 12.7. The second-order valence-electron chi connectivity index (χ2n) is 4.88. The molecule has 5 nitrogen and oxygen atoms in total. The fourth-order valence-electron chi connectivity index (χ4n) is 2.55. The normalized spacial score (nSPS) is 16.2. The van der Waals surface area contributed by atoms with Gasteiger partial charge in [0.2, 0.25) is 0 Å². The Morgan fingerprint density at radius 2 is 2.30 bits per heavy atom. The van der Waals surface area contributed by atoms with Crippen molar-refractivity contribution in [2.45, 2.75) is 18.8 Å². The van der Waals surface area contributed by atoms with E-state index in [0.717, 1.165) is 47.6 Å². The van der Waals surface area contributed by atoms with E-state index in [4.69, 9.17) is 11.4 Å². The van der Waals surface area contributed by atoms with Crippen molar-refractivity contribution >= 4 is 27.4 Å². The predicted octanol–water partition coefficient (Wildman–Crippen LogP) is 2.00. The van der Waals surface area contributed by atoms with Gasteiger partial charge in [-0.25, -0.2) is 4.98 Å². The molecular weight excluding hydrogens is 318 g/mol. The van der Waals surface area contributed by atoms with Crippen molar-refractivity contribution in [2.24, 2.45) is 0 Å². The van der Waals surface area contributed by atoms with Gasteiger partial charge in [-0.05, 0) is 41.9 Å². The van der Waals surface area contributed by atoms with Gasteiger partial charge in [-0.2, -0.15) is 9.61 Å². The standard InChI is InChI=1S/C14H16BrN5/c1-2-5-17-13-8-12(10-3-6-16-7-4-10)19-14-11(15)9-18-20(13)14/h1,8-10,16-17H,3-7H2. The summed E-state index contributed by atoms with van der Waals surface area (Å²) in [6.07, 6.45) is 9.32. The summed E-state index contributed by atoms with van der Waals surface area (Å²) >= 11 is 3.50. The van der Waals surface area contributed by atoms with Crippen LogP contribution in [0.3, 0.4) is 0 Å². The van der Waals surface area contributed by atoms with Crippen molar-refractivity contribution in [3.05, 3.63) is 22.4 Å². The van der Waals surface area contributed by atoms with Crippen LogP contribution in [0.25, 0.3) is 5.65 Å². The minimum Gasteiger partial charge on any atom is -0.359 e. The first-order valence-corrected chi connectivity index (χ1v) is 7.51. The zero-order chi connectivity index (χ0) is 13.9. The number of rotatable bonds is 3. The van der Waals surface area contributed by atoms with Crippen molar-refractivity contribution in [1.29, 1.82) is 0 Å². The number of hydrogen-bond donors (Lipinski definition) is 2. The quantitative estimate of drug-likeness (QED) is 0.843. The molecule has 2 aromatic rings. The van der Waals surface area contributed by atoms with Crippen LogP contribution >= 0.6 is 15.9 Å². The molecule has 0 unspecified atom stereocenters. The van der Waals surface area contributed by atoms with Crippen molar-refractivity contribution in [3.8, 4) is 12.3 Å². The van der Waals surface area contributed by atoms with E-state index in [9.17, 15) is 0 Å². The van der Waals surface area contributed by atoms with Gasteiger partial charge in [0.05, 0.1) is 17.2 Å². The molecule has 20 heavy (non-hydrogen) atoms. The third kappa shape index (κ3) is 2.51. The van der Waals surface area contributed by atoms with Crippen molar-refractivity contribution < 1.29 is 0 Å². The molecule has 1 fully saturated rings. The minimum atomic E-state index is 0.474. The summed E-state index contributed by atoms with van der Waals surface area (Å²) in [6, 6.07) is 2.07. The molecular formula is C14H16BrN5. The maximum Gasteiger partial charge on any atom is 0.171 e. The predicted molar refractivity (Wildman–Crippen MR) is 82.9 cm³/mol. The summed E-state index contributed by atoms with van der Waals surface area (Å²) in [5, 5.41) is 10.9. The van der Waals surface area contributed by atoms with Crippen LogP contribution in [0.4, 0.5) is 5.82 Å². The molecule has 1 aliphatic rings. The van der Waals surface area contributed by atoms with Gasteiger partial charge in [0, 0.05) is 17.7 Å². The van der Waals surface area contributed by atoms with E-state index < -0.39 is 0 Å². The van der Waals surface area contributed by atoms with E-state index in [1.165, 1.54) is 0 Å². The number of piperidine rings is 1. The highest BCUT2D eigenvalue weighted by atomic mass is 79.9. The smallest absolute Gasteiger partial charge is 0.171 e. The van der Waals surface area contributed by atoms with Gasteiger partial charge in [0.15, 0.2) is 5.65 Å². The van der Waals surface area contributed by atoms with Crippen LogP contribution in [0.5, 0.6) is 0 Å². The Bertz CT molecular complexity index is 651. The topological polar surface area (TPSA) is 54.2 Å². The van der Waals surface area contributed by atoms with Crippen LogP contribution in [-0.4, -0.2) is 34.2 Å². The van der Waals surface area contributed by atoms with Crippen molar-refractivity contribution in [3.63, 3.8) is 0 Å². The Balaban J connectivity index is 2.03. The monoisotopic (exact) mass is 333 g/mol. The molecule has 0 radical (unpaired) electrons. The van der Waals surface area contributed by atoms with E-state index in [1.807, 2.05) is 0 Å². The number of aromatic nitrogens is 3. The number of terminal acetylenes is 1. The molecule has 0 bridgehead atoms. The first-order chi connectivity index (χ1) is 9.79. The summed E-state index contributed by atoms with van der Waals surface area (Å²) in [5.74, 6) is 3.98. The fourth-order valence-corrected chi connectivity index (χ4v) is 2.90. The van der Waals surface area contributed by atoms with Gasteiger partial charge in [-0.1, -0.05) is 5.92 Å². The molecule has 1 aliphatic heterocycles. The molecule has 0 atom stereocenters. The number of fused-ring (bicyclic) bond motifs is 1. The van der Waals surface area contributed by atoms with E-state index in [0.29, 0.717) is 12.5 Å². The molecule has 0 saturated carbocycles. The Labute approximate surface area is 126 Å². The average Bonchev–Trinajstić information content (AvgIpc) is 2.87. The Kier molecular flexibility index (Phi) is 3.90. The molecule has 0 spiro atoms. The molecule has 0 amide bonds. The summed E-state index contributed by atoms with van der Waals surface area (Å²) in [5.41, 5.74) is 1.94. The lowest BCUT2D eigenvalue weighted by Gasteiger charge is -2.22. The van der Waals surface area contributed by atoms with E-state index in [-0.39, 0.29) is 0 Å². The van der Waals surface area contributed by atoms with Crippen molar-refractivity contribution in [1.82, 2.24) is 19.9 Å². The zero-order valence-electron chi connectivity index (χ0n) is 11.1. The fraction of sp³-hybridized carbons (Fsp3) is 0.429. The summed E-state index contributed by atoms with van der Waals surface area (Å²) < 4.78 is 2.68. The Morgan fingerprint density at radius 3 is 3.05 bits per heavy atom. The van der Waals surface area contributed by atoms with Crippen molar-refractivity contribution in [2.75, 3.05) is 25.0 Å². The Morgan fingerprint density at radius 1 is 1.50 bits per heavy atom. The number of hydrogen-bond acceptors (Lipinski definition) is 4. The highest BCUT2D eigenvalue weighted by molar-refractivity contribution is 9.10. The van der Waals surface area contributed by atoms with Crippen LogP contribution in [0.15, 0.2) is 16.7 Å². The van der Waals surface area contributed by atoms with Gasteiger partial charge < -0.3 is 10.6 Å². The van der Waals surface area contributed by atoms with Gasteiger partial charge in [-0.15, -0.1) is 6.42 Å². The molecule has 2 N–H and O–H groups in total. The molecule has 6 heteroatoms. The Hall–Kier alpha value is -1.58. The summed E-state index contributed by atoms with van der Waals surface area (Å²) in [6.45, 7) is 2.57. The first-order valence-electron chi connectivity index (χ1n) is 6.72. The lowest BCUT2D eigenvalue weighted by Crippen LogP contribution is -2.27. The molecule has 3 rings (SSSR count). The summed E-state index contributed by atoms with van der Waals surface area (Å²) in [4.78, 5) is 4.76. The lowest BCUT2D eigenvalue weighted by atomic mass is 9.94. The van der Waals surface area contributed by atoms with Crippen LogP contribution in [0.1, 0.15) is 24.5 Å². The van der Waals surface area contributed by atoms with Gasteiger partial charge >= 0.3 is 0 Å². The molecule has 3 heterocycles. The van der Waals surface area contributed by atoms with Crippen LogP contribution in [0, 0.1) is 12.3 Å². The SMILES string of the molecule is C#CCNc1cc(C2CCNCC2)nc2c(Br)cnn12. The third-order valence-electron chi connectivity index (χ3n) is 3.58. The number of nitrogens with one attached hydrogen (secondary N) is 2. The van der Waals surface area contributed by atoms with Gasteiger partial charge in [-0.3, -0.25) is 0 Å². The minimum absolute atomic E-state index is 0.474. The second kappa shape index (κ2) is 5.81. The molecule has 2 aromatic heterocycles. The van der Waals surface area contributed by atoms with Gasteiger partial charge in [0.25, 0.3) is 0 Å². The maximum absolute atomic E-state index is 5.33. The highest BCUT2D eigenvalue weighted by Crippen LogP contribution is 2.28. The first kappa shape index (κ1) is 13.4. The maximum atomic E-state index is 5.33. The summed E-state index contributed by atoms with van der Waals surface area (Å²) in [7, 11) is 0. The largest absolute Gasteiger partial charge is 0.359 e. The molecule has 104 valence electrons. The van der Waals surface area contributed by atoms with Crippen LogP contribution in [0.2, 0.25) is 0 Å². The average molecular weight is 334 g/mol. The molecule has 0 aliphatic carbocycles. The number of halogens is 1. The highest BCUT2D eigenvalue weighted by Gasteiger charge is 2.19. The second-order valence-corrected chi connectivity index (χ2v) is 5.73. The lowest BCUT2D eigenvalue weighted by molar-refractivity contribution is 0.453. The van der Waals surface area contributed by atoms with E-state index in [1.54, 1.807) is 10.7 Å². The van der Waals surface area contributed by atoms with Crippen LogP contribution < -0.4 is 10.6 Å². The van der Waals surface area contributed by atoms with Crippen LogP contribution in [-0.2, 0) is 0 Å². The molecule has 1 saturated heterocycles. The van der Waals surface area contributed by atoms with E-state index >= 15 is 0 Å². The van der Waals surface area contributed by atoms with E-state index in [2.05, 4.69) is 43.6 Å². The molecule has 0 aromatic carbocycles. The number of anilines is 1. The van der Waals surface area contributed by atoms with Gasteiger partial charge in [0.1, 0.15) is 5.82 Å². The number of nitrogens with zero attached hydrogens (tertiary/aromatic N) is 3. The third-order valence-corrected chi connectivity index (χ3v) is 4.14.